The van der Waals surface area contributed by atoms with Crippen molar-refractivity contribution in [2.45, 2.75) is 32.8 Å². The maximum absolute atomic E-state index is 15.3. The topological polar surface area (TPSA) is 152 Å². The van der Waals surface area contributed by atoms with Crippen molar-refractivity contribution in [2.24, 2.45) is 5.73 Å². The summed E-state index contributed by atoms with van der Waals surface area (Å²) in [6.07, 6.45) is 4.20. The Kier molecular flexibility index (Phi) is 8.20. The summed E-state index contributed by atoms with van der Waals surface area (Å²) in [5.74, 6) is -1.52. The Balaban J connectivity index is 1.39. The van der Waals surface area contributed by atoms with Crippen molar-refractivity contribution in [3.05, 3.63) is 99.5 Å². The van der Waals surface area contributed by atoms with E-state index in [0.717, 1.165) is 17.8 Å². The molecular weight excluding hydrogens is 603 g/mol. The molecule has 242 valence electrons. The van der Waals surface area contributed by atoms with Crippen molar-refractivity contribution >= 4 is 22.6 Å². The molecule has 0 radical (unpaired) electrons. The highest BCUT2D eigenvalue weighted by Gasteiger charge is 2.24. The number of hydrogen-bond donors (Lipinski definition) is 2. The number of amides is 2. The number of benzene rings is 2. The first-order chi connectivity index (χ1) is 22.4. The first-order valence-electron chi connectivity index (χ1n) is 15.2. The van der Waals surface area contributed by atoms with Gasteiger partial charge in [-0.25, -0.2) is 14.1 Å². The summed E-state index contributed by atoms with van der Waals surface area (Å²) in [6, 6.07) is 11.4. The Morgan fingerprint density at radius 3 is 2.38 bits per heavy atom. The second kappa shape index (κ2) is 12.2. The van der Waals surface area contributed by atoms with E-state index in [1.165, 1.54) is 29.3 Å². The predicted octanol–water partition coefficient (Wildman–Crippen LogP) is 3.05. The number of piperazine rings is 1. The van der Waals surface area contributed by atoms with Crippen LogP contribution in [-0.4, -0.2) is 84.5 Å². The number of fused-ring (bicyclic) bond motifs is 1. The van der Waals surface area contributed by atoms with Gasteiger partial charge in [0, 0.05) is 60.6 Å². The molecule has 1 aliphatic rings. The van der Waals surface area contributed by atoms with Crippen molar-refractivity contribution < 1.29 is 19.1 Å². The van der Waals surface area contributed by atoms with Crippen molar-refractivity contribution in [1.29, 1.82) is 0 Å². The summed E-state index contributed by atoms with van der Waals surface area (Å²) in [4.78, 5) is 47.4. The van der Waals surface area contributed by atoms with E-state index in [-0.39, 0.29) is 39.3 Å². The first-order valence-corrected chi connectivity index (χ1v) is 15.2. The Morgan fingerprint density at radius 2 is 1.74 bits per heavy atom. The van der Waals surface area contributed by atoms with Gasteiger partial charge in [0.25, 0.3) is 17.4 Å². The Hall–Kier alpha value is -5.27. The number of carbonyl (C=O) groups is 2. The van der Waals surface area contributed by atoms with Gasteiger partial charge in [-0.3, -0.25) is 14.4 Å². The average molecular weight is 639 g/mol. The fourth-order valence-electron chi connectivity index (χ4n) is 5.69. The second-order valence-corrected chi connectivity index (χ2v) is 12.7. The normalized spacial score (nSPS) is 14.1. The summed E-state index contributed by atoms with van der Waals surface area (Å²) < 4.78 is 17.6. The van der Waals surface area contributed by atoms with Crippen LogP contribution in [0.1, 0.15) is 52.6 Å². The van der Waals surface area contributed by atoms with Crippen molar-refractivity contribution in [2.75, 3.05) is 33.2 Å². The number of nitrogens with zero attached hydrogens (tertiary/aromatic N) is 7. The molecule has 0 saturated carbocycles. The van der Waals surface area contributed by atoms with E-state index in [9.17, 15) is 19.5 Å². The fraction of sp³-hybridized carbons (Fsp3) is 0.294. The molecule has 4 heterocycles. The quantitative estimate of drug-likeness (QED) is 0.288. The number of halogens is 1. The Morgan fingerprint density at radius 1 is 1.04 bits per heavy atom. The lowest BCUT2D eigenvalue weighted by Crippen LogP contribution is -2.47. The minimum atomic E-state index is -0.745. The number of carbonyl (C=O) groups excluding carboxylic acids is 2. The summed E-state index contributed by atoms with van der Waals surface area (Å²) in [6.45, 7) is 8.14. The number of hydrogen-bond acceptors (Lipinski definition) is 8. The monoisotopic (exact) mass is 638 g/mol. The van der Waals surface area contributed by atoms with Gasteiger partial charge in [-0.1, -0.05) is 32.9 Å². The Bertz CT molecular complexity index is 2070. The predicted molar refractivity (Wildman–Crippen MR) is 174 cm³/mol. The van der Waals surface area contributed by atoms with Crippen LogP contribution in [0.4, 0.5) is 4.39 Å². The molecular formula is C34H35FN8O4. The Labute approximate surface area is 269 Å². The molecule has 47 heavy (non-hydrogen) atoms. The number of rotatable bonds is 6. The van der Waals surface area contributed by atoms with Gasteiger partial charge in [0.05, 0.1) is 29.4 Å². The van der Waals surface area contributed by atoms with Crippen molar-refractivity contribution in [1.82, 2.24) is 34.3 Å². The maximum atomic E-state index is 15.3. The van der Waals surface area contributed by atoms with E-state index in [1.54, 1.807) is 36.4 Å². The number of pyridine rings is 1. The minimum Gasteiger partial charge on any atom is -0.391 e. The maximum Gasteiger partial charge on any atom is 0.283 e. The molecule has 12 nitrogen and oxygen atoms in total. The molecule has 5 aromatic rings. The molecule has 1 saturated heterocycles. The average Bonchev–Trinajstić information content (AvgIpc) is 3.50. The molecule has 0 aliphatic carbocycles. The number of likely N-dealkylation sites (N-methyl/N-ethyl adjacent to an activating group) is 1. The van der Waals surface area contributed by atoms with Crippen LogP contribution in [0.25, 0.3) is 33.5 Å². The molecule has 1 aliphatic heterocycles. The molecule has 3 N–H and O–H groups in total. The van der Waals surface area contributed by atoms with Crippen LogP contribution in [0, 0.1) is 5.82 Å². The van der Waals surface area contributed by atoms with Gasteiger partial charge in [-0.05, 0) is 48.4 Å². The summed E-state index contributed by atoms with van der Waals surface area (Å²) in [7, 11) is 2.02. The van der Waals surface area contributed by atoms with Crippen molar-refractivity contribution in [3.63, 3.8) is 0 Å². The third-order valence-corrected chi connectivity index (χ3v) is 8.49. The zero-order chi connectivity index (χ0) is 33.6. The minimum absolute atomic E-state index is 0.0272. The molecule has 2 amide bonds. The van der Waals surface area contributed by atoms with E-state index >= 15 is 4.39 Å². The third-order valence-electron chi connectivity index (χ3n) is 8.49. The largest absolute Gasteiger partial charge is 0.391 e. The van der Waals surface area contributed by atoms with Crippen molar-refractivity contribution in [3.8, 4) is 22.8 Å². The highest BCUT2D eigenvalue weighted by atomic mass is 19.1. The van der Waals surface area contributed by atoms with Gasteiger partial charge < -0.3 is 20.6 Å². The summed E-state index contributed by atoms with van der Waals surface area (Å²) in [5.41, 5.74) is 7.24. The zero-order valence-corrected chi connectivity index (χ0v) is 26.6. The zero-order valence-electron chi connectivity index (χ0n) is 26.6. The smallest absolute Gasteiger partial charge is 0.283 e. The number of nitrogens with two attached hydrogens (primary N) is 1. The molecule has 0 atom stereocenters. The van der Waals surface area contributed by atoms with Crippen LogP contribution < -0.4 is 11.3 Å². The van der Waals surface area contributed by atoms with E-state index in [4.69, 9.17) is 5.73 Å². The molecule has 13 heteroatoms. The fourth-order valence-corrected chi connectivity index (χ4v) is 5.69. The van der Waals surface area contributed by atoms with Gasteiger partial charge in [-0.15, -0.1) is 0 Å². The standard InChI is InChI=1S/C34H35FN8O4/c1-34(2,3)23-15-22-17-38-43(33(47)28(22)26(35)16-23)31-25(19-44)27(9-10-37-31)42-18-24(30(36)45)29(39-42)20-5-7-21(8-6-20)32(46)41-13-11-40(4)12-14-41/h5-10,15-18,44H,11-14,19H2,1-4H3,(H2,36,45). The lowest BCUT2D eigenvalue weighted by Gasteiger charge is -2.32. The van der Waals surface area contributed by atoms with Gasteiger partial charge in [-0.2, -0.15) is 14.9 Å². The molecule has 3 aromatic heterocycles. The van der Waals surface area contributed by atoms with E-state index < -0.39 is 23.9 Å². The van der Waals surface area contributed by atoms with Crippen LogP contribution in [0.3, 0.4) is 0 Å². The molecule has 2 aromatic carbocycles. The number of aromatic nitrogens is 5. The first kappa shape index (κ1) is 31.7. The van der Waals surface area contributed by atoms with Gasteiger partial charge in [0.15, 0.2) is 5.82 Å². The number of aliphatic hydroxyl groups excluding tert-OH is 1. The highest BCUT2D eigenvalue weighted by molar-refractivity contribution is 5.99. The lowest BCUT2D eigenvalue weighted by atomic mass is 9.86. The van der Waals surface area contributed by atoms with E-state index in [1.807, 2.05) is 32.7 Å². The SMILES string of the molecule is CN1CCN(C(=O)c2ccc(-c3nn(-c4ccnc(-n5ncc6cc(C(C)(C)C)cc(F)c6c5=O)c4CO)cc3C(N)=O)cc2)CC1. The number of primary amides is 1. The van der Waals surface area contributed by atoms with Crippen LogP contribution in [0.5, 0.6) is 0 Å². The third kappa shape index (κ3) is 5.90. The number of aliphatic hydroxyl groups is 1. The lowest BCUT2D eigenvalue weighted by molar-refractivity contribution is 0.0664. The van der Waals surface area contributed by atoms with E-state index in [2.05, 4.69) is 20.1 Å². The molecule has 1 fully saturated rings. The summed E-state index contributed by atoms with van der Waals surface area (Å²) in [5, 5.41) is 19.6. The van der Waals surface area contributed by atoms with Crippen LogP contribution >= 0.6 is 0 Å². The molecule has 0 bridgehead atoms. The highest BCUT2D eigenvalue weighted by Crippen LogP contribution is 2.29. The van der Waals surface area contributed by atoms with Gasteiger partial charge in [0.2, 0.25) is 0 Å². The van der Waals surface area contributed by atoms with Gasteiger partial charge >= 0.3 is 0 Å². The molecule has 0 spiro atoms. The summed E-state index contributed by atoms with van der Waals surface area (Å²) >= 11 is 0. The second-order valence-electron chi connectivity index (χ2n) is 12.7. The molecule has 0 unspecified atom stereocenters. The van der Waals surface area contributed by atoms with Crippen LogP contribution in [0.2, 0.25) is 0 Å². The van der Waals surface area contributed by atoms with Gasteiger partial charge in [0.1, 0.15) is 11.5 Å². The van der Waals surface area contributed by atoms with Crippen LogP contribution in [-0.2, 0) is 12.0 Å². The van der Waals surface area contributed by atoms with Crippen LogP contribution in [0.15, 0.2) is 65.8 Å². The molecule has 6 rings (SSSR count). The van der Waals surface area contributed by atoms with E-state index in [0.29, 0.717) is 40.9 Å².